The van der Waals surface area contributed by atoms with E-state index in [1.807, 2.05) is 6.07 Å². The van der Waals surface area contributed by atoms with Crippen molar-refractivity contribution in [2.24, 2.45) is 0 Å². The first-order valence-electron chi connectivity index (χ1n) is 3.97. The molecule has 2 aromatic rings. The Morgan fingerprint density at radius 1 is 0.882 bits per heavy atom. The molecule has 88 valence electrons. The molecule has 17 heavy (non-hydrogen) atoms. The fraction of sp³-hybridized carbons (Fsp3) is 0. The van der Waals surface area contributed by atoms with Gasteiger partial charge in [-0.25, -0.2) is 0 Å². The van der Waals surface area contributed by atoms with Crippen LogP contribution in [0, 0.1) is 0 Å². The average molecular weight is 306 g/mol. The molecule has 1 N–H and O–H groups in total. The summed E-state index contributed by atoms with van der Waals surface area (Å²) in [6.07, 6.45) is 0.812. The summed E-state index contributed by atoms with van der Waals surface area (Å²) in [7, 11) is 0. The predicted molar refractivity (Wildman–Crippen MR) is 56.8 cm³/mol. The molecular weight excluding hydrogens is 297 g/mol. The van der Waals surface area contributed by atoms with Crippen LogP contribution in [-0.2, 0) is 0 Å². The van der Waals surface area contributed by atoms with E-state index in [4.69, 9.17) is 0 Å². The van der Waals surface area contributed by atoms with Gasteiger partial charge in [0.1, 0.15) is 12.0 Å². The normalized spacial score (nSPS) is 7.76. The summed E-state index contributed by atoms with van der Waals surface area (Å²) in [4.78, 5) is 10.5. The van der Waals surface area contributed by atoms with Crippen LogP contribution in [-0.4, -0.2) is 28.8 Å². The third-order valence-corrected chi connectivity index (χ3v) is 1.98. The molecule has 0 aliphatic carbocycles. The van der Waals surface area contributed by atoms with Crippen LogP contribution in [0.5, 0.6) is 5.75 Å². The zero-order valence-corrected chi connectivity index (χ0v) is 12.0. The van der Waals surface area contributed by atoms with Crippen molar-refractivity contribution in [3.63, 3.8) is 0 Å². The summed E-state index contributed by atoms with van der Waals surface area (Å²) >= 11 is 0. The Kier molecular flexibility index (Phi) is 12.3. The molecule has 0 saturated heterocycles. The molecule has 0 atom stereocenters. The van der Waals surface area contributed by atoms with Crippen LogP contribution in [0.2, 0.25) is 0 Å². The van der Waals surface area contributed by atoms with E-state index in [1.54, 1.807) is 30.3 Å². The number of aldehydes is 1. The number of hydrogen-bond donors (Lipinski definition) is 1. The quantitative estimate of drug-likeness (QED) is 0.420. The van der Waals surface area contributed by atoms with Crippen molar-refractivity contribution in [1.82, 2.24) is 0 Å². The second kappa shape index (κ2) is 9.59. The van der Waals surface area contributed by atoms with Crippen LogP contribution in [0.15, 0.2) is 36.4 Å². The van der Waals surface area contributed by atoms with E-state index in [1.165, 1.54) is 0 Å². The summed E-state index contributed by atoms with van der Waals surface area (Å²) < 4.78 is 0. The molecule has 0 bridgehead atoms. The van der Waals surface area contributed by atoms with E-state index in [-0.39, 0.29) is 60.3 Å². The number of hydrogen-bond acceptors (Lipinski definition) is 2. The van der Waals surface area contributed by atoms with Gasteiger partial charge in [-0.05, 0) is 29.0 Å². The number of aromatic hydroxyl groups is 1. The van der Waals surface area contributed by atoms with Crippen molar-refractivity contribution in [3.8, 4) is 5.75 Å². The standard InChI is InChI=1S/C11H8O2.Al.3ClH/c12-7-8-1-2-10-6-11(13)4-3-9(10)5-8;;;;/h1-7,13H;;3*1H/q;+3;;;/p-3. The molecule has 0 aliphatic rings. The summed E-state index contributed by atoms with van der Waals surface area (Å²) in [5.74, 6) is 0.242. The third-order valence-electron chi connectivity index (χ3n) is 1.98. The number of carbonyl (C=O) groups is 1. The summed E-state index contributed by atoms with van der Waals surface area (Å²) in [6, 6.07) is 10.4. The summed E-state index contributed by atoms with van der Waals surface area (Å²) in [5.41, 5.74) is 0.651. The minimum absolute atomic E-state index is 0. The first-order valence-corrected chi connectivity index (χ1v) is 3.97. The Labute approximate surface area is 129 Å². The SMILES string of the molecule is O=Cc1ccc2cc(O)ccc2c1.[Al+3].[Cl-].[Cl-].[Cl-]. The van der Waals surface area contributed by atoms with Gasteiger partial charge in [-0.2, -0.15) is 0 Å². The van der Waals surface area contributed by atoms with Crippen LogP contribution in [0.25, 0.3) is 10.8 Å². The topological polar surface area (TPSA) is 37.3 Å². The maximum atomic E-state index is 10.5. The Bertz CT molecular complexity index is 477. The van der Waals surface area contributed by atoms with E-state index in [9.17, 15) is 9.90 Å². The summed E-state index contributed by atoms with van der Waals surface area (Å²) in [5, 5.41) is 11.1. The maximum Gasteiger partial charge on any atom is 3.00 e. The first-order chi connectivity index (χ1) is 6.29. The van der Waals surface area contributed by atoms with Gasteiger partial charge < -0.3 is 42.3 Å². The zero-order chi connectivity index (χ0) is 9.26. The molecule has 0 unspecified atom stereocenters. The number of rotatable bonds is 1. The Morgan fingerprint density at radius 3 is 2.00 bits per heavy atom. The third kappa shape index (κ3) is 5.16. The molecule has 0 aromatic heterocycles. The van der Waals surface area contributed by atoms with Crippen molar-refractivity contribution in [2.75, 3.05) is 0 Å². The number of phenols is 1. The second-order valence-electron chi connectivity index (χ2n) is 2.91. The number of halogens is 3. The molecule has 0 aliphatic heterocycles. The second-order valence-corrected chi connectivity index (χ2v) is 2.91. The molecule has 0 spiro atoms. The molecule has 6 heteroatoms. The molecule has 0 radical (unpaired) electrons. The maximum absolute atomic E-state index is 10.5. The summed E-state index contributed by atoms with van der Waals surface area (Å²) in [6.45, 7) is 0. The van der Waals surface area contributed by atoms with Crippen LogP contribution in [0.3, 0.4) is 0 Å². The van der Waals surface area contributed by atoms with Crippen LogP contribution < -0.4 is 37.2 Å². The van der Waals surface area contributed by atoms with E-state index in [2.05, 4.69) is 0 Å². The van der Waals surface area contributed by atoms with Crippen LogP contribution in [0.4, 0.5) is 0 Å². The van der Waals surface area contributed by atoms with Crippen molar-refractivity contribution in [1.29, 1.82) is 0 Å². The van der Waals surface area contributed by atoms with Gasteiger partial charge in [-0.15, -0.1) is 0 Å². The molecule has 2 rings (SSSR count). The molecular formula is C11H8AlCl3O2. The molecule has 2 aromatic carbocycles. The Hall–Kier alpha value is -0.428. The van der Waals surface area contributed by atoms with Gasteiger partial charge in [-0.3, -0.25) is 4.79 Å². The first kappa shape index (κ1) is 21.8. The molecule has 2 nitrogen and oxygen atoms in total. The molecule has 0 saturated carbocycles. The zero-order valence-electron chi connectivity index (χ0n) is 8.61. The van der Waals surface area contributed by atoms with Gasteiger partial charge in [0.15, 0.2) is 0 Å². The minimum Gasteiger partial charge on any atom is -1.00 e. The molecule has 0 fully saturated rings. The number of phenolic OH excluding ortho intramolecular Hbond substituents is 1. The monoisotopic (exact) mass is 304 g/mol. The van der Waals surface area contributed by atoms with E-state index in [0.717, 1.165) is 17.1 Å². The van der Waals surface area contributed by atoms with Crippen molar-refractivity contribution >= 4 is 34.4 Å². The van der Waals surface area contributed by atoms with E-state index >= 15 is 0 Å². The van der Waals surface area contributed by atoms with Gasteiger partial charge in [0.05, 0.1) is 0 Å². The average Bonchev–Trinajstić information content (AvgIpc) is 2.17. The predicted octanol–water partition coefficient (Wildman–Crippen LogP) is -7.01. The van der Waals surface area contributed by atoms with Crippen LogP contribution >= 0.6 is 0 Å². The largest absolute Gasteiger partial charge is 3.00 e. The van der Waals surface area contributed by atoms with E-state index < -0.39 is 0 Å². The van der Waals surface area contributed by atoms with Gasteiger partial charge in [0.2, 0.25) is 0 Å². The molecule has 0 heterocycles. The van der Waals surface area contributed by atoms with Crippen molar-refractivity contribution in [3.05, 3.63) is 42.0 Å². The molecule has 0 amide bonds. The van der Waals surface area contributed by atoms with Gasteiger partial charge >= 0.3 is 17.4 Å². The van der Waals surface area contributed by atoms with Crippen molar-refractivity contribution < 1.29 is 47.1 Å². The minimum atomic E-state index is 0. The fourth-order valence-corrected chi connectivity index (χ4v) is 1.32. The Morgan fingerprint density at radius 2 is 1.41 bits per heavy atom. The van der Waals surface area contributed by atoms with Gasteiger partial charge in [0, 0.05) is 5.56 Å². The van der Waals surface area contributed by atoms with Crippen molar-refractivity contribution in [2.45, 2.75) is 0 Å². The Balaban J connectivity index is -0.000000490. The van der Waals surface area contributed by atoms with Crippen LogP contribution in [0.1, 0.15) is 10.4 Å². The number of carbonyl (C=O) groups excluding carboxylic acids is 1. The fourth-order valence-electron chi connectivity index (χ4n) is 1.32. The number of benzene rings is 2. The van der Waals surface area contributed by atoms with E-state index in [0.29, 0.717) is 5.56 Å². The number of fused-ring (bicyclic) bond motifs is 1. The van der Waals surface area contributed by atoms with Gasteiger partial charge in [0.25, 0.3) is 0 Å². The smallest absolute Gasteiger partial charge is 1.00 e. The van der Waals surface area contributed by atoms with Gasteiger partial charge in [-0.1, -0.05) is 18.2 Å².